The Balaban J connectivity index is 1.38. The van der Waals surface area contributed by atoms with E-state index in [1.807, 2.05) is 0 Å². The van der Waals surface area contributed by atoms with Crippen molar-refractivity contribution in [2.24, 2.45) is 11.8 Å². The lowest BCUT2D eigenvalue weighted by Crippen LogP contribution is -2.45. The molecule has 3 heteroatoms. The largest absolute Gasteiger partial charge is 0.342 e. The lowest BCUT2D eigenvalue weighted by Gasteiger charge is -2.32. The molecule has 3 rings (SSSR count). The summed E-state index contributed by atoms with van der Waals surface area (Å²) in [6.45, 7) is 3.18. The van der Waals surface area contributed by atoms with E-state index in [9.17, 15) is 4.79 Å². The summed E-state index contributed by atoms with van der Waals surface area (Å²) < 4.78 is 0. The first-order valence-electron chi connectivity index (χ1n) is 6.85. The molecule has 0 atom stereocenters. The van der Waals surface area contributed by atoms with Gasteiger partial charge >= 0.3 is 0 Å². The average Bonchev–Trinajstić information content (AvgIpc) is 3.19. The molecule has 1 amide bonds. The van der Waals surface area contributed by atoms with Crippen LogP contribution in [0.3, 0.4) is 0 Å². The van der Waals surface area contributed by atoms with Crippen LogP contribution in [0.2, 0.25) is 0 Å². The number of carbonyl (C=O) groups excluding carboxylic acids is 1. The molecule has 0 aromatic rings. The van der Waals surface area contributed by atoms with Crippen LogP contribution in [0.15, 0.2) is 0 Å². The minimum atomic E-state index is 0.399. The van der Waals surface area contributed by atoms with E-state index >= 15 is 0 Å². The van der Waals surface area contributed by atoms with E-state index in [4.69, 9.17) is 0 Å². The first-order chi connectivity index (χ1) is 7.83. The van der Waals surface area contributed by atoms with Crippen molar-refractivity contribution in [1.82, 2.24) is 10.2 Å². The number of nitrogens with zero attached hydrogens (tertiary/aromatic N) is 1. The summed E-state index contributed by atoms with van der Waals surface area (Å²) in [5.41, 5.74) is 0. The molecular weight excluding hydrogens is 200 g/mol. The predicted molar refractivity (Wildman–Crippen MR) is 63.1 cm³/mol. The van der Waals surface area contributed by atoms with Gasteiger partial charge in [0, 0.05) is 25.0 Å². The lowest BCUT2D eigenvalue weighted by atomic mass is 10.0. The molecule has 1 N–H and O–H groups in total. The molecule has 0 aromatic carbocycles. The van der Waals surface area contributed by atoms with Crippen molar-refractivity contribution >= 4 is 5.91 Å². The molecule has 0 radical (unpaired) electrons. The second kappa shape index (κ2) is 4.36. The van der Waals surface area contributed by atoms with Gasteiger partial charge in [0.15, 0.2) is 0 Å². The third-order valence-electron chi connectivity index (χ3n) is 4.13. The second-order valence-electron chi connectivity index (χ2n) is 5.73. The van der Waals surface area contributed by atoms with Gasteiger partial charge in [-0.05, 0) is 51.0 Å². The van der Waals surface area contributed by atoms with Crippen LogP contribution in [-0.2, 0) is 4.79 Å². The van der Waals surface area contributed by atoms with Crippen molar-refractivity contribution in [2.75, 3.05) is 19.6 Å². The standard InChI is InChI=1S/C13H22N2O/c16-13(11-3-4-11)15-7-5-12(6-8-15)14-9-10-1-2-10/h10-12,14H,1-9H2. The molecule has 3 aliphatic rings. The molecule has 16 heavy (non-hydrogen) atoms. The maximum absolute atomic E-state index is 11.8. The Morgan fingerprint density at radius 1 is 1.06 bits per heavy atom. The number of piperidine rings is 1. The van der Waals surface area contributed by atoms with E-state index in [1.165, 1.54) is 19.4 Å². The number of hydrogen-bond donors (Lipinski definition) is 1. The Kier molecular flexibility index (Phi) is 2.88. The Bertz CT molecular complexity index is 263. The summed E-state index contributed by atoms with van der Waals surface area (Å²) >= 11 is 0. The van der Waals surface area contributed by atoms with Gasteiger partial charge in [-0.1, -0.05) is 0 Å². The normalized spacial score (nSPS) is 27.1. The highest BCUT2D eigenvalue weighted by molar-refractivity contribution is 5.81. The summed E-state index contributed by atoms with van der Waals surface area (Å²) in [5.74, 6) is 1.79. The van der Waals surface area contributed by atoms with E-state index in [0.29, 0.717) is 17.9 Å². The van der Waals surface area contributed by atoms with Crippen molar-refractivity contribution in [3.8, 4) is 0 Å². The average molecular weight is 222 g/mol. The maximum atomic E-state index is 11.8. The van der Waals surface area contributed by atoms with Gasteiger partial charge in [0.25, 0.3) is 0 Å². The summed E-state index contributed by atoms with van der Waals surface area (Å²) in [6.07, 6.45) is 7.44. The smallest absolute Gasteiger partial charge is 0.225 e. The van der Waals surface area contributed by atoms with Crippen molar-refractivity contribution < 1.29 is 4.79 Å². The minimum absolute atomic E-state index is 0.399. The number of amides is 1. The van der Waals surface area contributed by atoms with Gasteiger partial charge in [-0.3, -0.25) is 4.79 Å². The van der Waals surface area contributed by atoms with E-state index in [0.717, 1.165) is 44.7 Å². The number of likely N-dealkylation sites (tertiary alicyclic amines) is 1. The fourth-order valence-electron chi connectivity index (χ4n) is 2.55. The van der Waals surface area contributed by atoms with Crippen LogP contribution >= 0.6 is 0 Å². The summed E-state index contributed by atoms with van der Waals surface area (Å²) in [5, 5.41) is 3.65. The Morgan fingerprint density at radius 3 is 2.31 bits per heavy atom. The van der Waals surface area contributed by atoms with Crippen molar-refractivity contribution in [3.63, 3.8) is 0 Å². The molecule has 3 nitrogen and oxygen atoms in total. The van der Waals surface area contributed by atoms with Gasteiger partial charge in [0.05, 0.1) is 0 Å². The van der Waals surface area contributed by atoms with E-state index in [1.54, 1.807) is 0 Å². The summed E-state index contributed by atoms with van der Waals surface area (Å²) in [6, 6.07) is 0.670. The first kappa shape index (κ1) is 10.6. The predicted octanol–water partition coefficient (Wildman–Crippen LogP) is 1.39. The van der Waals surface area contributed by atoms with Gasteiger partial charge in [0.1, 0.15) is 0 Å². The quantitative estimate of drug-likeness (QED) is 0.779. The molecular formula is C13H22N2O. The Morgan fingerprint density at radius 2 is 1.75 bits per heavy atom. The van der Waals surface area contributed by atoms with E-state index < -0.39 is 0 Å². The zero-order valence-electron chi connectivity index (χ0n) is 9.95. The SMILES string of the molecule is O=C(C1CC1)N1CCC(NCC2CC2)CC1. The second-order valence-corrected chi connectivity index (χ2v) is 5.73. The third-order valence-corrected chi connectivity index (χ3v) is 4.13. The first-order valence-corrected chi connectivity index (χ1v) is 6.85. The third kappa shape index (κ3) is 2.57. The monoisotopic (exact) mass is 222 g/mol. The molecule has 1 aliphatic heterocycles. The van der Waals surface area contributed by atoms with Crippen LogP contribution in [0.25, 0.3) is 0 Å². The lowest BCUT2D eigenvalue weighted by molar-refractivity contribution is -0.133. The fraction of sp³-hybridized carbons (Fsp3) is 0.923. The Hall–Kier alpha value is -0.570. The van der Waals surface area contributed by atoms with Crippen molar-refractivity contribution in [3.05, 3.63) is 0 Å². The van der Waals surface area contributed by atoms with Crippen molar-refractivity contribution in [2.45, 2.75) is 44.6 Å². The zero-order valence-corrected chi connectivity index (χ0v) is 9.95. The molecule has 0 spiro atoms. The van der Waals surface area contributed by atoms with Crippen LogP contribution in [0.4, 0.5) is 0 Å². The highest BCUT2D eigenvalue weighted by Crippen LogP contribution is 2.32. The molecule has 1 saturated heterocycles. The molecule has 0 bridgehead atoms. The summed E-state index contributed by atoms with van der Waals surface area (Å²) in [4.78, 5) is 13.9. The molecule has 0 aromatic heterocycles. The molecule has 1 heterocycles. The van der Waals surface area contributed by atoms with Gasteiger partial charge < -0.3 is 10.2 Å². The fourth-order valence-corrected chi connectivity index (χ4v) is 2.55. The highest BCUT2D eigenvalue weighted by Gasteiger charge is 2.35. The van der Waals surface area contributed by atoms with E-state index in [2.05, 4.69) is 10.2 Å². The van der Waals surface area contributed by atoms with Crippen LogP contribution in [0.5, 0.6) is 0 Å². The number of nitrogens with one attached hydrogen (secondary N) is 1. The molecule has 90 valence electrons. The van der Waals surface area contributed by atoms with Crippen LogP contribution in [0, 0.1) is 11.8 Å². The Labute approximate surface area is 97.6 Å². The van der Waals surface area contributed by atoms with Gasteiger partial charge in [0.2, 0.25) is 5.91 Å². The van der Waals surface area contributed by atoms with Crippen LogP contribution < -0.4 is 5.32 Å². The topological polar surface area (TPSA) is 32.3 Å². The zero-order chi connectivity index (χ0) is 11.0. The van der Waals surface area contributed by atoms with Crippen molar-refractivity contribution in [1.29, 1.82) is 0 Å². The van der Waals surface area contributed by atoms with Gasteiger partial charge in [-0.2, -0.15) is 0 Å². The molecule has 2 aliphatic carbocycles. The van der Waals surface area contributed by atoms with E-state index in [-0.39, 0.29) is 0 Å². The molecule has 0 unspecified atom stereocenters. The molecule has 3 fully saturated rings. The van der Waals surface area contributed by atoms with Crippen LogP contribution in [-0.4, -0.2) is 36.5 Å². The minimum Gasteiger partial charge on any atom is -0.342 e. The maximum Gasteiger partial charge on any atom is 0.225 e. The number of carbonyl (C=O) groups is 1. The van der Waals surface area contributed by atoms with Gasteiger partial charge in [-0.15, -0.1) is 0 Å². The molecule has 2 saturated carbocycles. The summed E-state index contributed by atoms with van der Waals surface area (Å²) in [7, 11) is 0. The number of rotatable bonds is 4. The van der Waals surface area contributed by atoms with Gasteiger partial charge in [-0.25, -0.2) is 0 Å². The number of hydrogen-bond acceptors (Lipinski definition) is 2. The highest BCUT2D eigenvalue weighted by atomic mass is 16.2. The van der Waals surface area contributed by atoms with Crippen LogP contribution in [0.1, 0.15) is 38.5 Å².